The van der Waals surface area contributed by atoms with Gasteiger partial charge in [0.05, 0.1) is 0 Å². The summed E-state index contributed by atoms with van der Waals surface area (Å²) in [5, 5.41) is 14.7. The molecule has 0 saturated carbocycles. The van der Waals surface area contributed by atoms with Crippen LogP contribution in [-0.2, 0) is 16.6 Å². The van der Waals surface area contributed by atoms with Crippen LogP contribution in [0.3, 0.4) is 0 Å². The SMILES string of the molecule is CCCC/N=C(\C=C\C1=C(Sc2nnc(SCc3ccccc3)s2)C(=C/C=C2/N(CCCC)c3ccc4ccccc4c3C2(C)C)/CCC1)C(C)(C)c1cccc2ccccc12. The van der Waals surface area contributed by atoms with Crippen molar-refractivity contribution in [2.45, 2.75) is 112 Å². The molecule has 318 valence electrons. The fraction of sp³-hybridized carbons (Fsp3) is 0.327. The van der Waals surface area contributed by atoms with Gasteiger partial charge in [-0.25, -0.2) is 0 Å². The van der Waals surface area contributed by atoms with E-state index in [1.165, 1.54) is 65.7 Å². The highest BCUT2D eigenvalue weighted by molar-refractivity contribution is 8.05. The van der Waals surface area contributed by atoms with E-state index in [2.05, 4.69) is 185 Å². The maximum absolute atomic E-state index is 5.36. The number of benzene rings is 5. The van der Waals surface area contributed by atoms with Crippen LogP contribution in [-0.4, -0.2) is 29.0 Å². The van der Waals surface area contributed by atoms with Gasteiger partial charge >= 0.3 is 0 Å². The third kappa shape index (κ3) is 9.46. The predicted molar refractivity (Wildman–Crippen MR) is 271 cm³/mol. The van der Waals surface area contributed by atoms with Crippen molar-refractivity contribution in [2.24, 2.45) is 4.99 Å². The first-order chi connectivity index (χ1) is 30.2. The molecule has 0 atom stereocenters. The summed E-state index contributed by atoms with van der Waals surface area (Å²) in [6.45, 7) is 15.9. The molecule has 0 N–H and O–H groups in total. The standard InChI is InChI=1S/C55H60N4S3/c1-7-9-36-56-48(54(3,4)46-29-19-24-40-22-14-16-27-44(40)46)34-31-42-25-18-26-43(51(42)61-53-58-57-52(62-53)60-38-39-20-12-11-13-21-39)32-35-49-55(5,6)50-45-28-17-15-23-41(45)30-33-47(50)59(49)37-10-8-2/h11-17,19-24,27-35H,7-10,18,25-26,36-38H2,1-6H3/b34-31+,43-32+,49-35+,56-48+. The van der Waals surface area contributed by atoms with E-state index in [1.807, 2.05) is 0 Å². The number of unbranched alkanes of at least 4 members (excludes halogenated alkanes) is 2. The molecule has 8 rings (SSSR count). The molecule has 5 aromatic carbocycles. The molecule has 4 nitrogen and oxygen atoms in total. The molecule has 0 unspecified atom stereocenters. The fourth-order valence-electron chi connectivity index (χ4n) is 9.13. The third-order valence-corrected chi connectivity index (χ3v) is 15.9. The van der Waals surface area contributed by atoms with Gasteiger partial charge in [0.15, 0.2) is 8.68 Å². The van der Waals surface area contributed by atoms with Crippen LogP contribution in [0.5, 0.6) is 0 Å². The molecule has 1 aromatic heterocycles. The number of hydrogen-bond donors (Lipinski definition) is 0. The fourth-order valence-corrected chi connectivity index (χ4v) is 12.3. The quantitative estimate of drug-likeness (QED) is 0.0550. The van der Waals surface area contributed by atoms with Crippen LogP contribution >= 0.6 is 34.9 Å². The Bertz CT molecular complexity index is 2670. The Morgan fingerprint density at radius 3 is 2.29 bits per heavy atom. The van der Waals surface area contributed by atoms with Crippen molar-refractivity contribution in [1.29, 1.82) is 0 Å². The monoisotopic (exact) mass is 872 g/mol. The summed E-state index contributed by atoms with van der Waals surface area (Å²) in [5.41, 5.74) is 10.1. The van der Waals surface area contributed by atoms with E-state index < -0.39 is 0 Å². The number of allylic oxidation sites excluding steroid dienone is 7. The highest BCUT2D eigenvalue weighted by Crippen LogP contribution is 2.51. The van der Waals surface area contributed by atoms with Crippen molar-refractivity contribution >= 4 is 67.8 Å². The van der Waals surface area contributed by atoms with Crippen LogP contribution in [0.25, 0.3) is 21.5 Å². The normalized spacial score (nSPS) is 17.1. The van der Waals surface area contributed by atoms with E-state index in [0.717, 1.165) is 78.2 Å². The molecule has 2 heterocycles. The number of aliphatic imine (C=N–C) groups is 1. The highest BCUT2D eigenvalue weighted by Gasteiger charge is 2.41. The van der Waals surface area contributed by atoms with Crippen molar-refractivity contribution in [3.63, 3.8) is 0 Å². The first kappa shape index (κ1) is 43.9. The molecule has 1 aliphatic carbocycles. The maximum Gasteiger partial charge on any atom is 0.179 e. The summed E-state index contributed by atoms with van der Waals surface area (Å²) in [6.07, 6.45) is 17.2. The van der Waals surface area contributed by atoms with Gasteiger partial charge in [0, 0.05) is 51.7 Å². The van der Waals surface area contributed by atoms with Crippen LogP contribution in [0, 0.1) is 0 Å². The Balaban J connectivity index is 1.20. The molecule has 0 amide bonds. The molecule has 0 radical (unpaired) electrons. The lowest BCUT2D eigenvalue weighted by Gasteiger charge is -2.28. The first-order valence-corrected chi connectivity index (χ1v) is 25.1. The number of rotatable bonds is 16. The van der Waals surface area contributed by atoms with Gasteiger partial charge in [-0.15, -0.1) is 10.2 Å². The Morgan fingerprint density at radius 1 is 0.790 bits per heavy atom. The molecule has 0 bridgehead atoms. The van der Waals surface area contributed by atoms with Crippen LogP contribution in [0.1, 0.15) is 103 Å². The van der Waals surface area contributed by atoms with Crippen LogP contribution in [0.4, 0.5) is 5.69 Å². The molecule has 6 aromatic rings. The van der Waals surface area contributed by atoms with E-state index in [9.17, 15) is 0 Å². The molecule has 1 aliphatic heterocycles. The van der Waals surface area contributed by atoms with Crippen molar-refractivity contribution < 1.29 is 0 Å². The van der Waals surface area contributed by atoms with Crippen molar-refractivity contribution in [3.8, 4) is 0 Å². The maximum atomic E-state index is 5.36. The molecule has 7 heteroatoms. The van der Waals surface area contributed by atoms with Gasteiger partial charge in [-0.2, -0.15) is 0 Å². The van der Waals surface area contributed by atoms with Gasteiger partial charge in [0.2, 0.25) is 0 Å². The lowest BCUT2D eigenvalue weighted by atomic mass is 9.77. The van der Waals surface area contributed by atoms with E-state index in [4.69, 9.17) is 10.1 Å². The van der Waals surface area contributed by atoms with Crippen LogP contribution in [0.2, 0.25) is 0 Å². The lowest BCUT2D eigenvalue weighted by molar-refractivity contribution is 0.628. The lowest BCUT2D eigenvalue weighted by Crippen LogP contribution is -2.28. The molecular formula is C55H60N4S3. The van der Waals surface area contributed by atoms with Gasteiger partial charge in [0.1, 0.15) is 0 Å². The second-order valence-corrected chi connectivity index (χ2v) is 21.0. The third-order valence-electron chi connectivity index (χ3n) is 12.5. The smallest absolute Gasteiger partial charge is 0.179 e. The number of thioether (sulfide) groups is 2. The highest BCUT2D eigenvalue weighted by atomic mass is 32.2. The van der Waals surface area contributed by atoms with Crippen molar-refractivity contribution in [1.82, 2.24) is 10.2 Å². The summed E-state index contributed by atoms with van der Waals surface area (Å²) in [6, 6.07) is 39.7. The minimum Gasteiger partial charge on any atom is -0.344 e. The second kappa shape index (κ2) is 19.8. The summed E-state index contributed by atoms with van der Waals surface area (Å²) >= 11 is 5.27. The Hall–Kier alpha value is -4.69. The number of hydrogen-bond acceptors (Lipinski definition) is 7. The largest absolute Gasteiger partial charge is 0.344 e. The van der Waals surface area contributed by atoms with Crippen LogP contribution < -0.4 is 4.90 Å². The van der Waals surface area contributed by atoms with Crippen molar-refractivity contribution in [3.05, 3.63) is 172 Å². The molecule has 2 aliphatic rings. The minimum atomic E-state index is -0.296. The number of anilines is 1. The summed E-state index contributed by atoms with van der Waals surface area (Å²) in [5.74, 6) is 0.879. The first-order valence-electron chi connectivity index (χ1n) is 22.5. The molecule has 0 fully saturated rings. The Morgan fingerprint density at radius 2 is 1.50 bits per heavy atom. The molecule has 0 spiro atoms. The number of nitrogens with zero attached hydrogens (tertiary/aromatic N) is 4. The second-order valence-electron chi connectivity index (χ2n) is 17.6. The van der Waals surface area contributed by atoms with E-state index in [1.54, 1.807) is 34.9 Å². The minimum absolute atomic E-state index is 0.156. The summed E-state index contributed by atoms with van der Waals surface area (Å²) < 4.78 is 1.99. The van der Waals surface area contributed by atoms with Gasteiger partial charge in [-0.1, -0.05) is 205 Å². The van der Waals surface area contributed by atoms with Crippen LogP contribution in [0.15, 0.2) is 169 Å². The van der Waals surface area contributed by atoms with Gasteiger partial charge in [-0.3, -0.25) is 4.99 Å². The molecular weight excluding hydrogens is 813 g/mol. The zero-order valence-corrected chi connectivity index (χ0v) is 39.7. The zero-order valence-electron chi connectivity index (χ0n) is 37.3. The Labute approximate surface area is 382 Å². The molecule has 62 heavy (non-hydrogen) atoms. The van der Waals surface area contributed by atoms with Gasteiger partial charge < -0.3 is 4.90 Å². The van der Waals surface area contributed by atoms with Gasteiger partial charge in [0.25, 0.3) is 0 Å². The summed E-state index contributed by atoms with van der Waals surface area (Å²) in [7, 11) is 0. The Kier molecular flexibility index (Phi) is 14.0. The molecule has 0 saturated heterocycles. The predicted octanol–water partition coefficient (Wildman–Crippen LogP) is 15.9. The van der Waals surface area contributed by atoms with E-state index in [-0.39, 0.29) is 10.8 Å². The number of aromatic nitrogens is 2. The van der Waals surface area contributed by atoms with E-state index >= 15 is 0 Å². The van der Waals surface area contributed by atoms with Gasteiger partial charge in [-0.05, 0) is 99.7 Å². The number of fused-ring (bicyclic) bond motifs is 4. The average molecular weight is 873 g/mol. The van der Waals surface area contributed by atoms with Crippen molar-refractivity contribution in [2.75, 3.05) is 18.0 Å². The average Bonchev–Trinajstić information content (AvgIpc) is 3.83. The topological polar surface area (TPSA) is 41.4 Å². The van der Waals surface area contributed by atoms with E-state index in [0.29, 0.717) is 0 Å². The summed E-state index contributed by atoms with van der Waals surface area (Å²) in [4.78, 5) is 9.27. The zero-order chi connectivity index (χ0) is 43.1.